The van der Waals surface area contributed by atoms with Gasteiger partial charge in [0.05, 0.1) is 0 Å². The highest BCUT2D eigenvalue weighted by Gasteiger charge is 2.07. The van der Waals surface area contributed by atoms with E-state index in [0.717, 1.165) is 11.3 Å². The van der Waals surface area contributed by atoms with Gasteiger partial charge in [0.2, 0.25) is 0 Å². The lowest BCUT2D eigenvalue weighted by molar-refractivity contribution is 0.102. The van der Waals surface area contributed by atoms with Crippen LogP contribution >= 0.6 is 0 Å². The maximum atomic E-state index is 12.0. The summed E-state index contributed by atoms with van der Waals surface area (Å²) in [5, 5.41) is 2.78. The Morgan fingerprint density at radius 1 is 1.11 bits per heavy atom. The fourth-order valence-electron chi connectivity index (χ4n) is 1.76. The average Bonchev–Trinajstić information content (AvgIpc) is 2.27. The van der Waals surface area contributed by atoms with Crippen molar-refractivity contribution in [2.24, 2.45) is 0 Å². The summed E-state index contributed by atoms with van der Waals surface area (Å²) in [6, 6.07) is 9.19. The Bertz CT molecular complexity index is 573. The van der Waals surface area contributed by atoms with Crippen LogP contribution in [-0.2, 0) is 0 Å². The highest BCUT2D eigenvalue weighted by Crippen LogP contribution is 2.09. The van der Waals surface area contributed by atoms with Crippen LogP contribution in [0.1, 0.15) is 27.4 Å². The Labute approximate surface area is 106 Å². The summed E-state index contributed by atoms with van der Waals surface area (Å²) in [6.07, 6.45) is 0. The zero-order valence-corrected chi connectivity index (χ0v) is 10.7. The van der Waals surface area contributed by atoms with Crippen molar-refractivity contribution in [3.63, 3.8) is 0 Å². The number of carbonyl (C=O) groups excluding carboxylic acids is 1. The van der Waals surface area contributed by atoms with E-state index >= 15 is 0 Å². The van der Waals surface area contributed by atoms with Crippen LogP contribution in [0.2, 0.25) is 0 Å². The van der Waals surface area contributed by atoms with Crippen molar-refractivity contribution in [3.05, 3.63) is 53.0 Å². The lowest BCUT2D eigenvalue weighted by Crippen LogP contribution is -2.14. The number of aryl methyl sites for hydroxylation is 3. The lowest BCUT2D eigenvalue weighted by atomic mass is 10.1. The second-order valence-corrected chi connectivity index (χ2v) is 4.27. The zero-order chi connectivity index (χ0) is 13.1. The van der Waals surface area contributed by atoms with Crippen LogP contribution in [0.5, 0.6) is 0 Å². The van der Waals surface area contributed by atoms with Crippen LogP contribution in [0.25, 0.3) is 0 Å². The largest absolute Gasteiger partial charge is 0.306 e. The van der Waals surface area contributed by atoms with Crippen LogP contribution in [0, 0.1) is 20.8 Å². The third kappa shape index (κ3) is 2.91. The highest BCUT2D eigenvalue weighted by molar-refractivity contribution is 6.03. The Morgan fingerprint density at radius 2 is 1.89 bits per heavy atom. The van der Waals surface area contributed by atoms with Gasteiger partial charge in [-0.1, -0.05) is 17.7 Å². The minimum Gasteiger partial charge on any atom is -0.306 e. The van der Waals surface area contributed by atoms with Crippen LogP contribution < -0.4 is 5.32 Å². The molecule has 0 bridgehead atoms. The number of aromatic nitrogens is 2. The van der Waals surface area contributed by atoms with E-state index in [2.05, 4.69) is 15.3 Å². The molecule has 2 rings (SSSR count). The molecule has 2 aromatic rings. The van der Waals surface area contributed by atoms with Gasteiger partial charge < -0.3 is 5.32 Å². The molecule has 0 unspecified atom stereocenters. The van der Waals surface area contributed by atoms with Crippen LogP contribution in [0.4, 0.5) is 5.82 Å². The van der Waals surface area contributed by atoms with Gasteiger partial charge in [-0.15, -0.1) is 0 Å². The van der Waals surface area contributed by atoms with Gasteiger partial charge in [0.15, 0.2) is 0 Å². The van der Waals surface area contributed by atoms with E-state index in [9.17, 15) is 4.79 Å². The monoisotopic (exact) mass is 241 g/mol. The fourth-order valence-corrected chi connectivity index (χ4v) is 1.76. The molecule has 0 radical (unpaired) electrons. The molecule has 0 fully saturated rings. The van der Waals surface area contributed by atoms with E-state index in [-0.39, 0.29) is 5.91 Å². The van der Waals surface area contributed by atoms with Gasteiger partial charge in [0.25, 0.3) is 5.91 Å². The molecule has 4 heteroatoms. The van der Waals surface area contributed by atoms with E-state index < -0.39 is 0 Å². The second-order valence-electron chi connectivity index (χ2n) is 4.27. The second kappa shape index (κ2) is 4.96. The number of hydrogen-bond donors (Lipinski definition) is 1. The van der Waals surface area contributed by atoms with E-state index in [1.54, 1.807) is 19.1 Å². The number of amides is 1. The standard InChI is InChI=1S/C14H15N3O/c1-9-5-4-6-12(7-9)14(18)17-13-8-10(2)15-11(3)16-13/h4-8H,1-3H3,(H,15,16,17,18). The minimum absolute atomic E-state index is 0.156. The van der Waals surface area contributed by atoms with Crippen molar-refractivity contribution >= 4 is 11.7 Å². The first kappa shape index (κ1) is 12.2. The SMILES string of the molecule is Cc1cccc(C(=O)Nc2cc(C)nc(C)n2)c1. The summed E-state index contributed by atoms with van der Waals surface area (Å²) in [6.45, 7) is 5.63. The predicted molar refractivity (Wildman–Crippen MR) is 70.6 cm³/mol. The van der Waals surface area contributed by atoms with Crippen molar-refractivity contribution in [1.82, 2.24) is 9.97 Å². The molecule has 0 atom stereocenters. The summed E-state index contributed by atoms with van der Waals surface area (Å²) >= 11 is 0. The molecular weight excluding hydrogens is 226 g/mol. The maximum absolute atomic E-state index is 12.0. The smallest absolute Gasteiger partial charge is 0.256 e. The van der Waals surface area contributed by atoms with Crippen LogP contribution in [0.15, 0.2) is 30.3 Å². The van der Waals surface area contributed by atoms with E-state index in [0.29, 0.717) is 17.2 Å². The number of anilines is 1. The van der Waals surface area contributed by atoms with Gasteiger partial charge in [-0.3, -0.25) is 4.79 Å². The summed E-state index contributed by atoms with van der Waals surface area (Å²) in [5.74, 6) is 1.03. The molecule has 0 aliphatic carbocycles. The molecular formula is C14H15N3O. The Kier molecular flexibility index (Phi) is 3.37. The molecule has 0 saturated heterocycles. The summed E-state index contributed by atoms with van der Waals surface area (Å²) < 4.78 is 0. The van der Waals surface area contributed by atoms with Crippen molar-refractivity contribution in [2.45, 2.75) is 20.8 Å². The first-order valence-electron chi connectivity index (χ1n) is 5.75. The molecule has 0 spiro atoms. The molecule has 4 nitrogen and oxygen atoms in total. The number of nitrogens with zero attached hydrogens (tertiary/aromatic N) is 2. The van der Waals surface area contributed by atoms with E-state index in [1.807, 2.05) is 32.0 Å². The topological polar surface area (TPSA) is 54.9 Å². The molecule has 92 valence electrons. The van der Waals surface area contributed by atoms with Crippen molar-refractivity contribution in [3.8, 4) is 0 Å². The number of nitrogens with one attached hydrogen (secondary N) is 1. The molecule has 1 amide bonds. The van der Waals surface area contributed by atoms with Crippen LogP contribution in [0.3, 0.4) is 0 Å². The molecule has 0 saturated carbocycles. The maximum Gasteiger partial charge on any atom is 0.256 e. The highest BCUT2D eigenvalue weighted by atomic mass is 16.1. The summed E-state index contributed by atoms with van der Waals surface area (Å²) in [7, 11) is 0. The third-order valence-corrected chi connectivity index (χ3v) is 2.49. The van der Waals surface area contributed by atoms with Gasteiger partial charge in [-0.25, -0.2) is 9.97 Å². The van der Waals surface area contributed by atoms with Gasteiger partial charge in [0.1, 0.15) is 11.6 Å². The molecule has 1 heterocycles. The quantitative estimate of drug-likeness (QED) is 0.879. The van der Waals surface area contributed by atoms with Gasteiger partial charge >= 0.3 is 0 Å². The number of hydrogen-bond acceptors (Lipinski definition) is 3. The molecule has 0 aliphatic rings. The fraction of sp³-hybridized carbons (Fsp3) is 0.214. The molecule has 1 N–H and O–H groups in total. The van der Waals surface area contributed by atoms with Gasteiger partial charge in [-0.2, -0.15) is 0 Å². The molecule has 18 heavy (non-hydrogen) atoms. The number of benzene rings is 1. The van der Waals surface area contributed by atoms with Crippen molar-refractivity contribution < 1.29 is 4.79 Å². The molecule has 1 aromatic heterocycles. The van der Waals surface area contributed by atoms with E-state index in [4.69, 9.17) is 0 Å². The normalized spacial score (nSPS) is 10.2. The average molecular weight is 241 g/mol. The van der Waals surface area contributed by atoms with E-state index in [1.165, 1.54) is 0 Å². The zero-order valence-electron chi connectivity index (χ0n) is 10.7. The Morgan fingerprint density at radius 3 is 2.56 bits per heavy atom. The minimum atomic E-state index is -0.156. The summed E-state index contributed by atoms with van der Waals surface area (Å²) in [5.41, 5.74) is 2.52. The van der Waals surface area contributed by atoms with Gasteiger partial charge in [-0.05, 0) is 32.9 Å². The van der Waals surface area contributed by atoms with Crippen LogP contribution in [-0.4, -0.2) is 15.9 Å². The molecule has 1 aromatic carbocycles. The lowest BCUT2D eigenvalue weighted by Gasteiger charge is -2.06. The number of carbonyl (C=O) groups is 1. The van der Waals surface area contributed by atoms with Crippen molar-refractivity contribution in [2.75, 3.05) is 5.32 Å². The first-order chi connectivity index (χ1) is 8.54. The summed E-state index contributed by atoms with van der Waals surface area (Å²) in [4.78, 5) is 20.4. The Hall–Kier alpha value is -2.23. The first-order valence-corrected chi connectivity index (χ1v) is 5.75. The van der Waals surface area contributed by atoms with Crippen molar-refractivity contribution in [1.29, 1.82) is 0 Å². The Balaban J connectivity index is 2.21. The predicted octanol–water partition coefficient (Wildman–Crippen LogP) is 2.65. The molecule has 0 aliphatic heterocycles. The van der Waals surface area contributed by atoms with Gasteiger partial charge in [0, 0.05) is 17.3 Å². The third-order valence-electron chi connectivity index (χ3n) is 2.49. The number of rotatable bonds is 2.